The fraction of sp³-hybridized carbons (Fsp3) is 0.778. The molecule has 0 saturated carbocycles. The van der Waals surface area contributed by atoms with Crippen molar-refractivity contribution in [1.82, 2.24) is 0 Å². The van der Waals surface area contributed by atoms with Crippen molar-refractivity contribution in [1.29, 1.82) is 0 Å². The van der Waals surface area contributed by atoms with Crippen LogP contribution in [-0.2, 0) is 19.1 Å². The predicted octanol–water partition coefficient (Wildman–Crippen LogP) is -6.88. The van der Waals surface area contributed by atoms with E-state index in [2.05, 4.69) is 21.5 Å². The minimum atomic E-state index is -0.401. The van der Waals surface area contributed by atoms with E-state index in [4.69, 9.17) is 32.4 Å². The minimum absolute atomic E-state index is 0.167. The molecule has 16 N–H and O–H groups in total. The second kappa shape index (κ2) is 17.3. The van der Waals surface area contributed by atoms with E-state index in [0.717, 1.165) is 38.5 Å². The topological polar surface area (TPSA) is 240 Å². The summed E-state index contributed by atoms with van der Waals surface area (Å²) in [5.41, 5.74) is 28.8. The van der Waals surface area contributed by atoms with Crippen LogP contribution in [0.2, 0.25) is 0 Å². The number of unbranched alkanes of at least 4 members (excludes halogenated alkanes) is 3. The molecule has 0 heterocycles. The van der Waals surface area contributed by atoms with Crippen molar-refractivity contribution in [3.63, 3.8) is 0 Å². The predicted molar refractivity (Wildman–Crippen MR) is 111 cm³/mol. The third-order valence-corrected chi connectivity index (χ3v) is 4.31. The molecular weight excluding hydrogens is 392 g/mol. The molecule has 0 radical (unpaired) electrons. The van der Waals surface area contributed by atoms with Crippen molar-refractivity contribution in [3.05, 3.63) is 0 Å². The summed E-state index contributed by atoms with van der Waals surface area (Å²) in [7, 11) is 0. The summed E-state index contributed by atoms with van der Waals surface area (Å²) in [4.78, 5) is 29.2. The van der Waals surface area contributed by atoms with Crippen LogP contribution in [-0.4, -0.2) is 62.2 Å². The van der Waals surface area contributed by atoms with Crippen LogP contribution in [0.3, 0.4) is 0 Å². The first-order valence-corrected chi connectivity index (χ1v) is 10.5. The zero-order valence-electron chi connectivity index (χ0n) is 18.0. The van der Waals surface area contributed by atoms with Crippen molar-refractivity contribution >= 4 is 23.9 Å². The molecule has 12 heteroatoms. The summed E-state index contributed by atoms with van der Waals surface area (Å²) in [6.45, 7) is 1.93. The van der Waals surface area contributed by atoms with Crippen LogP contribution in [0.25, 0.3) is 0 Å². The Labute approximate surface area is 177 Å². The molecule has 0 aliphatic carbocycles. The number of rotatable bonds is 17. The van der Waals surface area contributed by atoms with Gasteiger partial charge >= 0.3 is 23.9 Å². The molecule has 174 valence electrons. The molecule has 0 rings (SSSR count). The lowest BCUT2D eigenvalue weighted by Gasteiger charge is -2.09. The molecule has 0 aromatic rings. The fourth-order valence-electron chi connectivity index (χ4n) is 2.54. The molecule has 2 atom stereocenters. The number of hydrogen-bond acceptors (Lipinski definition) is 4. The first-order valence-electron chi connectivity index (χ1n) is 10.5. The highest BCUT2D eigenvalue weighted by Crippen LogP contribution is 2.03. The van der Waals surface area contributed by atoms with Gasteiger partial charge in [0.25, 0.3) is 0 Å². The molecule has 0 aromatic heterocycles. The smallest absolute Gasteiger partial charge is 0.364 e. The number of carbonyl (C=O) groups excluding carboxylic acids is 2. The number of quaternary nitrogens is 2. The lowest BCUT2D eigenvalue weighted by atomic mass is 10.1. The Hall–Kier alpha value is -2.60. The van der Waals surface area contributed by atoms with E-state index >= 15 is 0 Å². The molecule has 0 saturated heterocycles. The Morgan fingerprint density at radius 3 is 1.37 bits per heavy atom. The van der Waals surface area contributed by atoms with Crippen LogP contribution in [0.5, 0.6) is 0 Å². The van der Waals surface area contributed by atoms with Crippen LogP contribution in [0.15, 0.2) is 0 Å². The maximum Gasteiger partial charge on any atom is 0.364 e. The Bertz CT molecular complexity index is 500. The third kappa shape index (κ3) is 16.4. The highest BCUT2D eigenvalue weighted by molar-refractivity contribution is 5.74. The van der Waals surface area contributed by atoms with Gasteiger partial charge in [-0.1, -0.05) is 0 Å². The Morgan fingerprint density at radius 2 is 1.03 bits per heavy atom. The molecule has 0 aliphatic heterocycles. The number of nitrogens with two attached hydrogens (primary N) is 4. The summed E-state index contributed by atoms with van der Waals surface area (Å²) in [5, 5.41) is 0. The van der Waals surface area contributed by atoms with Gasteiger partial charge in [0, 0.05) is 12.8 Å². The quantitative estimate of drug-likeness (QED) is 0.0472. The zero-order valence-corrected chi connectivity index (χ0v) is 18.0. The van der Waals surface area contributed by atoms with E-state index in [0.29, 0.717) is 39.1 Å². The maximum atomic E-state index is 11.8. The molecular formula is C18H42N8O4+4. The normalized spacial score (nSPS) is 12.5. The SMILES string of the molecule is NC(N)=[NH+]CCCC([NH3+])C(=O)OCCCCCCOC(=O)C([NH3+])CCC[NH+]=C(N)N. The largest absolute Gasteiger partial charge is 0.461 e. The molecule has 0 amide bonds. The summed E-state index contributed by atoms with van der Waals surface area (Å²) < 4.78 is 10.5. The van der Waals surface area contributed by atoms with Gasteiger partial charge in [-0.15, -0.1) is 0 Å². The van der Waals surface area contributed by atoms with E-state index < -0.39 is 12.1 Å². The molecule has 0 aliphatic rings. The number of carbonyl (C=O) groups is 2. The van der Waals surface area contributed by atoms with E-state index in [-0.39, 0.29) is 23.9 Å². The monoisotopic (exact) mass is 434 g/mol. The average molecular weight is 435 g/mol. The van der Waals surface area contributed by atoms with E-state index in [1.807, 2.05) is 0 Å². The lowest BCUT2D eigenvalue weighted by molar-refractivity contribution is -0.464. The highest BCUT2D eigenvalue weighted by atomic mass is 16.5. The molecule has 0 fully saturated rings. The van der Waals surface area contributed by atoms with Crippen LogP contribution in [0, 0.1) is 0 Å². The van der Waals surface area contributed by atoms with Gasteiger partial charge in [0.1, 0.15) is 0 Å². The van der Waals surface area contributed by atoms with Crippen LogP contribution >= 0.6 is 0 Å². The molecule has 0 aromatic carbocycles. The van der Waals surface area contributed by atoms with E-state index in [1.54, 1.807) is 0 Å². The molecule has 2 unspecified atom stereocenters. The van der Waals surface area contributed by atoms with Gasteiger partial charge in [-0.3, -0.25) is 32.9 Å². The molecule has 30 heavy (non-hydrogen) atoms. The van der Waals surface area contributed by atoms with Crippen molar-refractivity contribution in [2.45, 2.75) is 63.5 Å². The van der Waals surface area contributed by atoms with Crippen LogP contribution < -0.4 is 44.4 Å². The Balaban J connectivity index is 3.62. The van der Waals surface area contributed by atoms with Gasteiger partial charge in [0.15, 0.2) is 12.1 Å². The van der Waals surface area contributed by atoms with Gasteiger partial charge in [0.05, 0.1) is 26.3 Å². The summed E-state index contributed by atoms with van der Waals surface area (Å²) in [5.74, 6) is -0.255. The van der Waals surface area contributed by atoms with Crippen molar-refractivity contribution in [2.24, 2.45) is 22.9 Å². The number of guanidine groups is 2. The maximum absolute atomic E-state index is 11.8. The van der Waals surface area contributed by atoms with Crippen LogP contribution in [0.4, 0.5) is 0 Å². The fourth-order valence-corrected chi connectivity index (χ4v) is 2.54. The Kier molecular flexibility index (Phi) is 15.8. The first-order chi connectivity index (χ1) is 14.2. The Morgan fingerprint density at radius 1 is 0.667 bits per heavy atom. The van der Waals surface area contributed by atoms with Crippen molar-refractivity contribution in [3.8, 4) is 0 Å². The molecule has 0 bridgehead atoms. The number of ether oxygens (including phenoxy) is 2. The second-order valence-corrected chi connectivity index (χ2v) is 7.19. The van der Waals surface area contributed by atoms with Gasteiger partial charge in [-0.05, 0) is 38.5 Å². The third-order valence-electron chi connectivity index (χ3n) is 4.31. The summed E-state index contributed by atoms with van der Waals surface area (Å²) in [6.07, 6.45) is 5.97. The highest BCUT2D eigenvalue weighted by Gasteiger charge is 2.19. The van der Waals surface area contributed by atoms with Gasteiger partial charge < -0.3 is 20.9 Å². The van der Waals surface area contributed by atoms with E-state index in [1.165, 1.54) is 0 Å². The first kappa shape index (κ1) is 27.4. The molecule has 12 nitrogen and oxygen atoms in total. The summed E-state index contributed by atoms with van der Waals surface area (Å²) in [6, 6.07) is -0.801. The standard InChI is InChI=1S/C18H38N8O4/c19-13(7-5-9-25-17(21)22)15(27)29-11-3-1-2-4-12-30-16(28)14(20)8-6-10-26-18(23)24/h13-14H,1-12,19-20H2,(H4,21,22,25)(H4,23,24,26)/p+4. The van der Waals surface area contributed by atoms with Gasteiger partial charge in [-0.25, -0.2) is 9.59 Å². The zero-order chi connectivity index (χ0) is 22.8. The van der Waals surface area contributed by atoms with Gasteiger partial charge in [0.2, 0.25) is 0 Å². The van der Waals surface area contributed by atoms with Crippen LogP contribution in [0.1, 0.15) is 51.4 Å². The van der Waals surface area contributed by atoms with Crippen molar-refractivity contribution in [2.75, 3.05) is 26.3 Å². The minimum Gasteiger partial charge on any atom is -0.461 e. The number of hydrogen-bond donors (Lipinski definition) is 8. The number of nitrogens with one attached hydrogen (secondary N) is 2. The average Bonchev–Trinajstić information content (AvgIpc) is 2.69. The summed E-state index contributed by atoms with van der Waals surface area (Å²) >= 11 is 0. The van der Waals surface area contributed by atoms with Gasteiger partial charge in [-0.2, -0.15) is 0 Å². The second-order valence-electron chi connectivity index (χ2n) is 7.19. The molecule has 0 spiro atoms. The lowest BCUT2D eigenvalue weighted by Crippen LogP contribution is -2.78. The van der Waals surface area contributed by atoms with E-state index in [9.17, 15) is 9.59 Å². The number of esters is 2. The van der Waals surface area contributed by atoms with Crippen molar-refractivity contribution < 1.29 is 40.5 Å².